The predicted octanol–water partition coefficient (Wildman–Crippen LogP) is -0.103. The minimum absolute atomic E-state index is 0.143. The first kappa shape index (κ1) is 19.7. The molecule has 1 aliphatic rings. The minimum Gasteiger partial charge on any atom is -0.344 e. The maximum atomic E-state index is 12.7. The van der Waals surface area contributed by atoms with Crippen LogP contribution in [0.25, 0.3) is 0 Å². The van der Waals surface area contributed by atoms with Crippen molar-refractivity contribution < 1.29 is 18.4 Å². The maximum absolute atomic E-state index is 12.7. The molecule has 1 fully saturated rings. The molecule has 10 heteroatoms. The lowest BCUT2D eigenvalue weighted by Gasteiger charge is -2.34. The topological polar surface area (TPSA) is 82.5 Å². The van der Waals surface area contributed by atoms with Crippen LogP contribution in [-0.4, -0.2) is 77.1 Å². The number of hydrogen-bond donors (Lipinski definition) is 2. The van der Waals surface area contributed by atoms with Gasteiger partial charge >= 0.3 is 12.6 Å². The SMILES string of the molecule is C#CCNC(=O)CN1CCN(C(=O)NCCc2nccn2C(F)F)CC1. The molecule has 1 saturated heterocycles. The van der Waals surface area contributed by atoms with Crippen molar-refractivity contribution in [3.63, 3.8) is 0 Å². The Kier molecular flexibility index (Phi) is 7.35. The second-order valence-corrected chi connectivity index (χ2v) is 5.75. The van der Waals surface area contributed by atoms with Crippen LogP contribution in [0.4, 0.5) is 13.6 Å². The van der Waals surface area contributed by atoms with E-state index in [-0.39, 0.29) is 43.8 Å². The monoisotopic (exact) mass is 368 g/mol. The van der Waals surface area contributed by atoms with E-state index in [1.54, 1.807) is 4.90 Å². The highest BCUT2D eigenvalue weighted by Crippen LogP contribution is 2.12. The zero-order chi connectivity index (χ0) is 18.9. The fourth-order valence-electron chi connectivity index (χ4n) is 2.63. The number of imidazole rings is 1. The predicted molar refractivity (Wildman–Crippen MR) is 90.4 cm³/mol. The molecule has 1 aliphatic heterocycles. The third kappa shape index (κ3) is 5.70. The first-order valence-corrected chi connectivity index (χ1v) is 8.26. The van der Waals surface area contributed by atoms with Crippen LogP contribution in [0.15, 0.2) is 12.4 Å². The number of alkyl halides is 2. The molecule has 0 aliphatic carbocycles. The summed E-state index contributed by atoms with van der Waals surface area (Å²) in [6.07, 6.45) is 7.82. The van der Waals surface area contributed by atoms with Gasteiger partial charge in [0, 0.05) is 51.5 Å². The molecule has 2 heterocycles. The van der Waals surface area contributed by atoms with Gasteiger partial charge in [-0.1, -0.05) is 5.92 Å². The second kappa shape index (κ2) is 9.72. The number of terminal acetylenes is 1. The first-order valence-electron chi connectivity index (χ1n) is 8.26. The van der Waals surface area contributed by atoms with Crippen LogP contribution in [-0.2, 0) is 11.2 Å². The number of carbonyl (C=O) groups is 2. The summed E-state index contributed by atoms with van der Waals surface area (Å²) in [4.78, 5) is 31.2. The molecule has 3 amide bonds. The molecule has 0 unspecified atom stereocenters. The molecule has 0 atom stereocenters. The number of urea groups is 1. The Morgan fingerprint density at radius 2 is 2.00 bits per heavy atom. The van der Waals surface area contributed by atoms with Gasteiger partial charge in [0.2, 0.25) is 5.91 Å². The summed E-state index contributed by atoms with van der Waals surface area (Å²) in [5.41, 5.74) is 0. The van der Waals surface area contributed by atoms with Gasteiger partial charge in [0.1, 0.15) is 5.82 Å². The third-order valence-electron chi connectivity index (χ3n) is 4.00. The van der Waals surface area contributed by atoms with Gasteiger partial charge in [0.05, 0.1) is 13.1 Å². The Hall–Kier alpha value is -2.67. The average Bonchev–Trinajstić information content (AvgIpc) is 3.09. The fourth-order valence-corrected chi connectivity index (χ4v) is 2.63. The molecule has 0 spiro atoms. The Morgan fingerprint density at radius 3 is 2.65 bits per heavy atom. The lowest BCUT2D eigenvalue weighted by molar-refractivity contribution is -0.122. The largest absolute Gasteiger partial charge is 0.344 e. The summed E-state index contributed by atoms with van der Waals surface area (Å²) in [7, 11) is 0. The number of nitrogens with one attached hydrogen (secondary N) is 2. The Bertz CT molecular complexity index is 649. The van der Waals surface area contributed by atoms with E-state index in [4.69, 9.17) is 6.42 Å². The number of nitrogens with zero attached hydrogens (tertiary/aromatic N) is 4. The molecule has 0 radical (unpaired) electrons. The van der Waals surface area contributed by atoms with Crippen LogP contribution in [0.2, 0.25) is 0 Å². The highest BCUT2D eigenvalue weighted by atomic mass is 19.3. The van der Waals surface area contributed by atoms with Crippen molar-refractivity contribution in [1.29, 1.82) is 0 Å². The smallest absolute Gasteiger partial charge is 0.319 e. The normalized spacial score (nSPS) is 14.9. The molecule has 1 aromatic rings. The Labute approximate surface area is 150 Å². The number of aromatic nitrogens is 2. The van der Waals surface area contributed by atoms with Gasteiger partial charge in [0.25, 0.3) is 0 Å². The molecule has 0 aromatic carbocycles. The molecular formula is C16H22F2N6O2. The number of carbonyl (C=O) groups excluding carboxylic acids is 2. The van der Waals surface area contributed by atoms with Crippen molar-refractivity contribution in [3.8, 4) is 12.3 Å². The van der Waals surface area contributed by atoms with Crippen molar-refractivity contribution in [1.82, 2.24) is 30.0 Å². The van der Waals surface area contributed by atoms with Crippen LogP contribution >= 0.6 is 0 Å². The third-order valence-corrected chi connectivity index (χ3v) is 4.00. The zero-order valence-corrected chi connectivity index (χ0v) is 14.3. The minimum atomic E-state index is -2.64. The van der Waals surface area contributed by atoms with E-state index in [9.17, 15) is 18.4 Å². The molecule has 1 aromatic heterocycles. The average molecular weight is 368 g/mol. The lowest BCUT2D eigenvalue weighted by atomic mass is 10.3. The lowest BCUT2D eigenvalue weighted by Crippen LogP contribution is -2.53. The summed E-state index contributed by atoms with van der Waals surface area (Å²) in [5, 5.41) is 5.31. The van der Waals surface area contributed by atoms with Gasteiger partial charge < -0.3 is 15.5 Å². The molecule has 2 rings (SSSR count). The summed E-state index contributed by atoms with van der Waals surface area (Å²) < 4.78 is 26.2. The quantitative estimate of drug-likeness (QED) is 0.659. The Balaban J connectivity index is 1.67. The van der Waals surface area contributed by atoms with Crippen molar-refractivity contribution in [2.45, 2.75) is 13.0 Å². The number of hydrogen-bond acceptors (Lipinski definition) is 4. The summed E-state index contributed by atoms with van der Waals surface area (Å²) in [6.45, 7) is 0.142. The van der Waals surface area contributed by atoms with Gasteiger partial charge in [0.15, 0.2) is 0 Å². The van der Waals surface area contributed by atoms with Gasteiger partial charge in [-0.3, -0.25) is 14.3 Å². The van der Waals surface area contributed by atoms with Crippen LogP contribution in [0.3, 0.4) is 0 Å². The van der Waals surface area contributed by atoms with E-state index in [1.165, 1.54) is 12.4 Å². The van der Waals surface area contributed by atoms with E-state index in [0.29, 0.717) is 26.2 Å². The number of amides is 3. The number of rotatable bonds is 7. The molecule has 0 bridgehead atoms. The molecule has 142 valence electrons. The molecule has 0 saturated carbocycles. The van der Waals surface area contributed by atoms with E-state index in [2.05, 4.69) is 21.5 Å². The van der Waals surface area contributed by atoms with Gasteiger partial charge in [-0.2, -0.15) is 8.78 Å². The first-order chi connectivity index (χ1) is 12.5. The van der Waals surface area contributed by atoms with E-state index in [0.717, 1.165) is 4.57 Å². The van der Waals surface area contributed by atoms with Crippen molar-refractivity contribution >= 4 is 11.9 Å². The standard InChI is InChI=1S/C16H22F2N6O2/c1-2-4-20-14(25)12-22-8-10-23(11-9-22)16(26)21-5-3-13-19-6-7-24(13)15(17)18/h1,6-7,15H,3-5,8-12H2,(H,20,25)(H,21,26). The second-order valence-electron chi connectivity index (χ2n) is 5.75. The van der Waals surface area contributed by atoms with Gasteiger partial charge in [-0.25, -0.2) is 9.78 Å². The van der Waals surface area contributed by atoms with E-state index >= 15 is 0 Å². The summed E-state index contributed by atoms with van der Waals surface area (Å²) in [6, 6.07) is -0.253. The van der Waals surface area contributed by atoms with Crippen LogP contribution in [0.1, 0.15) is 12.4 Å². The van der Waals surface area contributed by atoms with Gasteiger partial charge in [-0.05, 0) is 0 Å². The maximum Gasteiger partial charge on any atom is 0.319 e. The Morgan fingerprint density at radius 1 is 1.27 bits per heavy atom. The zero-order valence-electron chi connectivity index (χ0n) is 14.3. The summed E-state index contributed by atoms with van der Waals surface area (Å²) in [5.74, 6) is 2.42. The van der Waals surface area contributed by atoms with Crippen LogP contribution < -0.4 is 10.6 Å². The van der Waals surface area contributed by atoms with Crippen molar-refractivity contribution in [2.75, 3.05) is 45.8 Å². The molecule has 8 nitrogen and oxygen atoms in total. The summed E-state index contributed by atoms with van der Waals surface area (Å²) >= 11 is 0. The highest BCUT2D eigenvalue weighted by Gasteiger charge is 2.22. The molecule has 2 N–H and O–H groups in total. The van der Waals surface area contributed by atoms with Crippen molar-refractivity contribution in [3.05, 3.63) is 18.2 Å². The highest BCUT2D eigenvalue weighted by molar-refractivity contribution is 5.78. The number of halogens is 2. The van der Waals surface area contributed by atoms with Crippen LogP contribution in [0, 0.1) is 12.3 Å². The van der Waals surface area contributed by atoms with Crippen molar-refractivity contribution in [2.24, 2.45) is 0 Å². The molecular weight excluding hydrogens is 346 g/mol. The van der Waals surface area contributed by atoms with Gasteiger partial charge in [-0.15, -0.1) is 6.42 Å². The van der Waals surface area contributed by atoms with E-state index in [1.807, 2.05) is 4.90 Å². The number of piperazine rings is 1. The van der Waals surface area contributed by atoms with Crippen LogP contribution in [0.5, 0.6) is 0 Å². The molecule has 26 heavy (non-hydrogen) atoms. The van der Waals surface area contributed by atoms with E-state index < -0.39 is 6.55 Å². The fraction of sp³-hybridized carbons (Fsp3) is 0.562.